The van der Waals surface area contributed by atoms with E-state index < -0.39 is 0 Å². The third-order valence-corrected chi connectivity index (χ3v) is 5.00. The molecule has 4 aromatic rings. The molecule has 0 saturated carbocycles. The quantitative estimate of drug-likeness (QED) is 0.400. The average Bonchev–Trinajstić information content (AvgIpc) is 3.37. The first-order valence-corrected chi connectivity index (χ1v) is 10.4. The van der Waals surface area contributed by atoms with Crippen LogP contribution in [0, 0.1) is 0 Å². The summed E-state index contributed by atoms with van der Waals surface area (Å²) in [6.45, 7) is 0.162. The van der Waals surface area contributed by atoms with Crippen LogP contribution in [-0.4, -0.2) is 35.2 Å². The molecule has 1 amide bonds. The van der Waals surface area contributed by atoms with E-state index in [1.165, 1.54) is 6.20 Å². The summed E-state index contributed by atoms with van der Waals surface area (Å²) in [6.07, 6.45) is 3.20. The minimum absolute atomic E-state index is 0.205. The van der Waals surface area contributed by atoms with E-state index in [1.54, 1.807) is 42.3 Å². The van der Waals surface area contributed by atoms with E-state index in [1.807, 2.05) is 54.6 Å². The minimum atomic E-state index is -0.287. The maximum Gasteiger partial charge on any atom is 0.258 e. The van der Waals surface area contributed by atoms with Gasteiger partial charge in [0.1, 0.15) is 11.5 Å². The zero-order valence-electron chi connectivity index (χ0n) is 18.1. The van der Waals surface area contributed by atoms with E-state index in [0.717, 1.165) is 17.0 Å². The number of amides is 1. The molecule has 0 bridgehead atoms. The van der Waals surface area contributed by atoms with Gasteiger partial charge in [-0.1, -0.05) is 42.5 Å². The smallest absolute Gasteiger partial charge is 0.258 e. The Bertz CT molecular complexity index is 1230. The molecule has 4 rings (SSSR count). The van der Waals surface area contributed by atoms with Gasteiger partial charge in [-0.3, -0.25) is 9.59 Å². The van der Waals surface area contributed by atoms with Crippen LogP contribution >= 0.6 is 0 Å². The lowest BCUT2D eigenvalue weighted by Gasteiger charge is -2.11. The summed E-state index contributed by atoms with van der Waals surface area (Å²) in [7, 11) is 1.60. The number of aromatic nitrogens is 2. The summed E-state index contributed by atoms with van der Waals surface area (Å²) >= 11 is 0. The number of nitrogens with one attached hydrogen (secondary N) is 1. The predicted octanol–water partition coefficient (Wildman–Crippen LogP) is 3.81. The largest absolute Gasteiger partial charge is 0.497 e. The zero-order valence-corrected chi connectivity index (χ0v) is 18.1. The van der Waals surface area contributed by atoms with Crippen molar-refractivity contribution in [3.8, 4) is 17.2 Å². The van der Waals surface area contributed by atoms with Crippen LogP contribution in [0.4, 0.5) is 0 Å². The van der Waals surface area contributed by atoms with Gasteiger partial charge in [-0.2, -0.15) is 5.10 Å². The van der Waals surface area contributed by atoms with Crippen LogP contribution < -0.4 is 14.8 Å². The lowest BCUT2D eigenvalue weighted by atomic mass is 10.1. The highest BCUT2D eigenvalue weighted by atomic mass is 16.5. The first kappa shape index (κ1) is 21.8. The van der Waals surface area contributed by atoms with Crippen molar-refractivity contribution in [1.82, 2.24) is 15.1 Å². The highest BCUT2D eigenvalue weighted by molar-refractivity contribution is 6.10. The zero-order chi connectivity index (χ0) is 23.0. The topological polar surface area (TPSA) is 82.4 Å². The second kappa shape index (κ2) is 10.3. The fourth-order valence-corrected chi connectivity index (χ4v) is 3.24. The van der Waals surface area contributed by atoms with E-state index in [4.69, 9.17) is 9.47 Å². The normalized spacial score (nSPS) is 10.5. The predicted molar refractivity (Wildman–Crippen MR) is 124 cm³/mol. The Hall–Kier alpha value is -4.39. The van der Waals surface area contributed by atoms with Crippen LogP contribution in [0.3, 0.4) is 0 Å². The number of hydrogen-bond donors (Lipinski definition) is 1. The number of carbonyl (C=O) groups is 2. The standard InChI is InChI=1S/C26H23N3O4/c1-32-22-13-11-19(12-14-22)15-27-25(30)18-33-24-10-6-5-9-23(24)26(31)20-16-28-29(17-20)21-7-3-2-4-8-21/h2-14,16-17H,15,18H2,1H3,(H,27,30). The number of para-hydroxylation sites is 2. The molecule has 0 unspecified atom stereocenters. The van der Waals surface area contributed by atoms with Crippen molar-refractivity contribution in [3.63, 3.8) is 0 Å². The van der Waals surface area contributed by atoms with Gasteiger partial charge >= 0.3 is 0 Å². The van der Waals surface area contributed by atoms with Crippen molar-refractivity contribution in [2.75, 3.05) is 13.7 Å². The van der Waals surface area contributed by atoms with Crippen LogP contribution in [0.1, 0.15) is 21.5 Å². The lowest BCUT2D eigenvalue weighted by Crippen LogP contribution is -2.28. The Morgan fingerprint density at radius 1 is 0.939 bits per heavy atom. The van der Waals surface area contributed by atoms with Gasteiger partial charge in [0.25, 0.3) is 5.91 Å². The molecule has 0 aliphatic carbocycles. The van der Waals surface area contributed by atoms with E-state index in [9.17, 15) is 9.59 Å². The number of benzene rings is 3. The van der Waals surface area contributed by atoms with Gasteiger partial charge in [0, 0.05) is 12.7 Å². The van der Waals surface area contributed by atoms with Gasteiger partial charge in [0.05, 0.1) is 30.1 Å². The van der Waals surface area contributed by atoms with E-state index in [-0.39, 0.29) is 18.3 Å². The number of rotatable bonds is 9. The maximum atomic E-state index is 13.1. The van der Waals surface area contributed by atoms with Crippen LogP contribution in [0.2, 0.25) is 0 Å². The summed E-state index contributed by atoms with van der Waals surface area (Å²) in [6, 6.07) is 23.8. The van der Waals surface area contributed by atoms with Gasteiger partial charge in [-0.05, 0) is 42.0 Å². The molecule has 0 aliphatic rings. The summed E-state index contributed by atoms with van der Waals surface area (Å²) in [5, 5.41) is 7.09. The van der Waals surface area contributed by atoms with Crippen molar-refractivity contribution in [1.29, 1.82) is 0 Å². The Labute approximate surface area is 191 Å². The first-order chi connectivity index (χ1) is 16.1. The fourth-order valence-electron chi connectivity index (χ4n) is 3.24. The summed E-state index contributed by atoms with van der Waals surface area (Å²) in [4.78, 5) is 25.3. The van der Waals surface area contributed by atoms with Crippen LogP contribution in [-0.2, 0) is 11.3 Å². The van der Waals surface area contributed by atoms with E-state index >= 15 is 0 Å². The molecular weight excluding hydrogens is 418 g/mol. The molecule has 3 aromatic carbocycles. The summed E-state index contributed by atoms with van der Waals surface area (Å²) in [5.74, 6) is 0.579. The van der Waals surface area contributed by atoms with Crippen LogP contribution in [0.25, 0.3) is 5.69 Å². The number of hydrogen-bond acceptors (Lipinski definition) is 5. The van der Waals surface area contributed by atoms with Gasteiger partial charge in [-0.15, -0.1) is 0 Å². The Morgan fingerprint density at radius 2 is 1.67 bits per heavy atom. The number of ketones is 1. The fraction of sp³-hybridized carbons (Fsp3) is 0.115. The summed E-state index contributed by atoms with van der Waals surface area (Å²) in [5.41, 5.74) is 2.59. The Balaban J connectivity index is 1.38. The molecule has 0 atom stereocenters. The molecule has 0 radical (unpaired) electrons. The molecule has 166 valence electrons. The highest BCUT2D eigenvalue weighted by Gasteiger charge is 2.17. The van der Waals surface area contributed by atoms with Crippen molar-refractivity contribution < 1.29 is 19.1 Å². The molecule has 0 aliphatic heterocycles. The highest BCUT2D eigenvalue weighted by Crippen LogP contribution is 2.22. The maximum absolute atomic E-state index is 13.1. The SMILES string of the molecule is COc1ccc(CNC(=O)COc2ccccc2C(=O)c2cnn(-c3ccccc3)c2)cc1. The second-order valence-corrected chi connectivity index (χ2v) is 7.25. The van der Waals surface area contributed by atoms with Crippen molar-refractivity contribution in [2.24, 2.45) is 0 Å². The number of nitrogens with zero attached hydrogens (tertiary/aromatic N) is 2. The van der Waals surface area contributed by atoms with Crippen molar-refractivity contribution in [2.45, 2.75) is 6.54 Å². The molecule has 0 fully saturated rings. The molecule has 1 aromatic heterocycles. The molecule has 33 heavy (non-hydrogen) atoms. The number of ether oxygens (including phenoxy) is 2. The minimum Gasteiger partial charge on any atom is -0.497 e. The summed E-state index contributed by atoms with van der Waals surface area (Å²) < 4.78 is 12.4. The molecule has 0 spiro atoms. The molecule has 0 saturated heterocycles. The average molecular weight is 441 g/mol. The van der Waals surface area contributed by atoms with Gasteiger partial charge in [0.15, 0.2) is 12.4 Å². The van der Waals surface area contributed by atoms with Crippen LogP contribution in [0.15, 0.2) is 91.3 Å². The van der Waals surface area contributed by atoms with Crippen LogP contribution in [0.5, 0.6) is 11.5 Å². The van der Waals surface area contributed by atoms with Crippen molar-refractivity contribution in [3.05, 3.63) is 108 Å². The lowest BCUT2D eigenvalue weighted by molar-refractivity contribution is -0.123. The molecule has 7 nitrogen and oxygen atoms in total. The van der Waals surface area contributed by atoms with E-state index in [2.05, 4.69) is 10.4 Å². The first-order valence-electron chi connectivity index (χ1n) is 10.4. The number of methoxy groups -OCH3 is 1. The van der Waals surface area contributed by atoms with Gasteiger partial charge in [-0.25, -0.2) is 4.68 Å². The molecular formula is C26H23N3O4. The Kier molecular flexibility index (Phi) is 6.80. The third kappa shape index (κ3) is 5.46. The third-order valence-electron chi connectivity index (χ3n) is 5.00. The van der Waals surface area contributed by atoms with E-state index in [0.29, 0.717) is 23.4 Å². The molecule has 1 N–H and O–H groups in total. The second-order valence-electron chi connectivity index (χ2n) is 7.25. The molecule has 1 heterocycles. The monoisotopic (exact) mass is 441 g/mol. The Morgan fingerprint density at radius 3 is 2.42 bits per heavy atom. The molecule has 7 heteroatoms. The van der Waals surface area contributed by atoms with Crippen molar-refractivity contribution >= 4 is 11.7 Å². The van der Waals surface area contributed by atoms with Gasteiger partial charge < -0.3 is 14.8 Å². The number of carbonyl (C=O) groups excluding carboxylic acids is 2. The van der Waals surface area contributed by atoms with Gasteiger partial charge in [0.2, 0.25) is 0 Å².